The fourth-order valence-electron chi connectivity index (χ4n) is 3.55. The molecule has 0 saturated carbocycles. The van der Waals surface area contributed by atoms with Gasteiger partial charge in [0.1, 0.15) is 22.8 Å². The number of nitrogens with zero attached hydrogens (tertiary/aromatic N) is 4. The molecule has 1 unspecified atom stereocenters. The molecule has 1 aliphatic heterocycles. The standard InChI is InChI=1S/C20H19FN6O2/c1-12(25-20(28)29)4-5-15-14(9-13(21)10-22-15)17-3-2-8-27(17)18-7-6-16-19(26-18)24-11-23-16/h6-7,9-12,17,25H,2-3,8H2,1H3,(H,28,29)(H,23,24,26)/t12-,17?/m1/s1. The summed E-state index contributed by atoms with van der Waals surface area (Å²) in [5.41, 5.74) is 2.58. The Morgan fingerprint density at radius 1 is 1.45 bits per heavy atom. The highest BCUT2D eigenvalue weighted by molar-refractivity contribution is 5.72. The van der Waals surface area contributed by atoms with Crippen LogP contribution in [0.1, 0.15) is 37.1 Å². The number of amides is 1. The van der Waals surface area contributed by atoms with E-state index >= 15 is 0 Å². The SMILES string of the molecule is C[C@H](C#Cc1ncc(F)cc1C1CCCN1c1ccc2nc[nH]c2n1)NC(=O)O. The van der Waals surface area contributed by atoms with Crippen LogP contribution in [-0.2, 0) is 0 Å². The van der Waals surface area contributed by atoms with Crippen molar-refractivity contribution in [2.45, 2.75) is 31.8 Å². The largest absolute Gasteiger partial charge is 0.465 e. The number of carbonyl (C=O) groups is 1. The summed E-state index contributed by atoms with van der Waals surface area (Å²) in [7, 11) is 0. The quantitative estimate of drug-likeness (QED) is 0.590. The summed E-state index contributed by atoms with van der Waals surface area (Å²) in [6.07, 6.45) is 3.30. The zero-order chi connectivity index (χ0) is 20.4. The molecule has 8 nitrogen and oxygen atoms in total. The average molecular weight is 394 g/mol. The minimum absolute atomic E-state index is 0.127. The number of carboxylic acid groups (broad SMARTS) is 1. The van der Waals surface area contributed by atoms with Crippen LogP contribution < -0.4 is 10.2 Å². The molecule has 1 fully saturated rings. The second-order valence-electron chi connectivity index (χ2n) is 6.82. The Hall–Kier alpha value is -3.67. The highest BCUT2D eigenvalue weighted by atomic mass is 19.1. The summed E-state index contributed by atoms with van der Waals surface area (Å²) in [5, 5.41) is 11.1. The van der Waals surface area contributed by atoms with Crippen LogP contribution >= 0.6 is 0 Å². The maximum Gasteiger partial charge on any atom is 0.405 e. The molecule has 0 bridgehead atoms. The van der Waals surface area contributed by atoms with Crippen molar-refractivity contribution < 1.29 is 14.3 Å². The minimum Gasteiger partial charge on any atom is -0.465 e. The van der Waals surface area contributed by atoms with Crippen molar-refractivity contribution in [3.8, 4) is 11.8 Å². The lowest BCUT2D eigenvalue weighted by molar-refractivity contribution is 0.193. The van der Waals surface area contributed by atoms with Gasteiger partial charge in [0.2, 0.25) is 0 Å². The Balaban J connectivity index is 1.68. The molecule has 0 radical (unpaired) electrons. The first-order chi connectivity index (χ1) is 14.0. The number of nitrogens with one attached hydrogen (secondary N) is 2. The zero-order valence-electron chi connectivity index (χ0n) is 15.7. The van der Waals surface area contributed by atoms with E-state index in [1.165, 1.54) is 6.07 Å². The Morgan fingerprint density at radius 3 is 3.14 bits per heavy atom. The molecule has 1 saturated heterocycles. The number of halogens is 1. The van der Waals surface area contributed by atoms with Crippen molar-refractivity contribution in [3.05, 3.63) is 47.8 Å². The van der Waals surface area contributed by atoms with Crippen LogP contribution in [0.2, 0.25) is 0 Å². The highest BCUT2D eigenvalue weighted by Gasteiger charge is 2.30. The normalized spacial score (nSPS) is 17.0. The van der Waals surface area contributed by atoms with Crippen LogP contribution in [0, 0.1) is 17.7 Å². The summed E-state index contributed by atoms with van der Waals surface area (Å²) in [6.45, 7) is 2.41. The second kappa shape index (κ2) is 7.75. The first-order valence-electron chi connectivity index (χ1n) is 9.24. The minimum atomic E-state index is -1.15. The number of anilines is 1. The third kappa shape index (κ3) is 3.96. The summed E-state index contributed by atoms with van der Waals surface area (Å²) >= 11 is 0. The Labute approximate surface area is 166 Å². The van der Waals surface area contributed by atoms with Crippen molar-refractivity contribution in [2.75, 3.05) is 11.4 Å². The summed E-state index contributed by atoms with van der Waals surface area (Å²) in [6, 6.07) is 4.55. The van der Waals surface area contributed by atoms with Crippen LogP contribution in [-0.4, -0.2) is 43.7 Å². The third-order valence-corrected chi connectivity index (χ3v) is 4.80. The molecule has 0 aromatic carbocycles. The van der Waals surface area contributed by atoms with Crippen molar-refractivity contribution in [1.29, 1.82) is 0 Å². The van der Waals surface area contributed by atoms with Gasteiger partial charge >= 0.3 is 6.09 Å². The molecule has 2 atom stereocenters. The number of fused-ring (bicyclic) bond motifs is 1. The van der Waals surface area contributed by atoms with Crippen LogP contribution in [0.5, 0.6) is 0 Å². The monoisotopic (exact) mass is 394 g/mol. The molecular formula is C20H19FN6O2. The van der Waals surface area contributed by atoms with E-state index < -0.39 is 18.0 Å². The van der Waals surface area contributed by atoms with E-state index in [9.17, 15) is 9.18 Å². The predicted octanol–water partition coefficient (Wildman–Crippen LogP) is 2.84. The fourth-order valence-corrected chi connectivity index (χ4v) is 3.55. The number of rotatable bonds is 3. The van der Waals surface area contributed by atoms with Gasteiger partial charge in [-0.15, -0.1) is 0 Å². The van der Waals surface area contributed by atoms with Crippen molar-refractivity contribution in [2.24, 2.45) is 0 Å². The smallest absolute Gasteiger partial charge is 0.405 e. The number of hydrogen-bond acceptors (Lipinski definition) is 5. The number of aromatic amines is 1. The number of pyridine rings is 2. The molecule has 9 heteroatoms. The van der Waals surface area contributed by atoms with Gasteiger partial charge in [-0.3, -0.25) is 0 Å². The molecule has 4 heterocycles. The number of aromatic nitrogens is 4. The molecule has 4 rings (SSSR count). The molecule has 148 valence electrons. The van der Waals surface area contributed by atoms with Gasteiger partial charge in [0.15, 0.2) is 5.65 Å². The molecule has 0 spiro atoms. The molecule has 1 amide bonds. The van der Waals surface area contributed by atoms with Crippen molar-refractivity contribution in [3.63, 3.8) is 0 Å². The number of imidazole rings is 1. The topological polar surface area (TPSA) is 107 Å². The maximum absolute atomic E-state index is 14.0. The lowest BCUT2D eigenvalue weighted by Gasteiger charge is -2.26. The van der Waals surface area contributed by atoms with Gasteiger partial charge in [-0.05, 0) is 43.9 Å². The lowest BCUT2D eigenvalue weighted by atomic mass is 10.0. The van der Waals surface area contributed by atoms with E-state index in [1.54, 1.807) is 13.3 Å². The summed E-state index contributed by atoms with van der Waals surface area (Å²) in [4.78, 5) is 28.9. The van der Waals surface area contributed by atoms with Gasteiger partial charge in [-0.1, -0.05) is 5.92 Å². The molecular weight excluding hydrogens is 375 g/mol. The highest BCUT2D eigenvalue weighted by Crippen LogP contribution is 2.36. The molecule has 3 N–H and O–H groups in total. The van der Waals surface area contributed by atoms with E-state index in [0.29, 0.717) is 16.9 Å². The summed E-state index contributed by atoms with van der Waals surface area (Å²) < 4.78 is 14.0. The Bertz CT molecular complexity index is 1120. The van der Waals surface area contributed by atoms with Gasteiger partial charge < -0.3 is 20.3 Å². The van der Waals surface area contributed by atoms with Crippen LogP contribution in [0.15, 0.2) is 30.7 Å². The zero-order valence-corrected chi connectivity index (χ0v) is 15.7. The van der Waals surface area contributed by atoms with Gasteiger partial charge in [0.05, 0.1) is 24.6 Å². The van der Waals surface area contributed by atoms with E-state index in [1.807, 2.05) is 12.1 Å². The van der Waals surface area contributed by atoms with Crippen LogP contribution in [0.25, 0.3) is 11.2 Å². The Kier molecular flexibility index (Phi) is 4.99. The molecule has 29 heavy (non-hydrogen) atoms. The van der Waals surface area contributed by atoms with E-state index in [-0.39, 0.29) is 6.04 Å². The molecule has 1 aliphatic rings. The van der Waals surface area contributed by atoms with Crippen molar-refractivity contribution >= 4 is 23.1 Å². The van der Waals surface area contributed by atoms with Crippen molar-refractivity contribution in [1.82, 2.24) is 25.3 Å². The van der Waals surface area contributed by atoms with E-state index in [2.05, 4.69) is 42.0 Å². The molecule has 3 aromatic heterocycles. The Morgan fingerprint density at radius 2 is 2.31 bits per heavy atom. The fraction of sp³-hybridized carbons (Fsp3) is 0.300. The summed E-state index contributed by atoms with van der Waals surface area (Å²) in [5.74, 6) is 6.05. The van der Waals surface area contributed by atoms with Gasteiger partial charge in [0, 0.05) is 12.1 Å². The predicted molar refractivity (Wildman–Crippen MR) is 105 cm³/mol. The average Bonchev–Trinajstić information content (AvgIpc) is 3.35. The molecule has 3 aromatic rings. The maximum atomic E-state index is 14.0. The van der Waals surface area contributed by atoms with E-state index in [0.717, 1.165) is 36.9 Å². The first kappa shape index (κ1) is 18.7. The third-order valence-electron chi connectivity index (χ3n) is 4.80. The molecule has 0 aliphatic carbocycles. The van der Waals surface area contributed by atoms with Crippen LogP contribution in [0.4, 0.5) is 15.0 Å². The number of hydrogen-bond donors (Lipinski definition) is 3. The first-order valence-corrected chi connectivity index (χ1v) is 9.24. The van der Waals surface area contributed by atoms with Gasteiger partial charge in [-0.25, -0.2) is 24.1 Å². The van der Waals surface area contributed by atoms with Crippen LogP contribution in [0.3, 0.4) is 0 Å². The lowest BCUT2D eigenvalue weighted by Crippen LogP contribution is -2.29. The second-order valence-corrected chi connectivity index (χ2v) is 6.82. The van der Waals surface area contributed by atoms with Gasteiger partial charge in [0.25, 0.3) is 0 Å². The van der Waals surface area contributed by atoms with E-state index in [4.69, 9.17) is 5.11 Å². The number of H-pyrrole nitrogens is 1. The van der Waals surface area contributed by atoms with Gasteiger partial charge in [-0.2, -0.15) is 0 Å².